The zero-order valence-electron chi connectivity index (χ0n) is 15.1. The Morgan fingerprint density at radius 1 is 1.35 bits per heavy atom. The summed E-state index contributed by atoms with van der Waals surface area (Å²) in [4.78, 5) is 7.35. The van der Waals surface area contributed by atoms with Gasteiger partial charge in [-0.3, -0.25) is 4.98 Å². The fourth-order valence-electron chi connectivity index (χ4n) is 2.97. The van der Waals surface area contributed by atoms with Gasteiger partial charge in [-0.25, -0.2) is 0 Å². The molecule has 2 aliphatic rings. The van der Waals surface area contributed by atoms with Gasteiger partial charge in [-0.1, -0.05) is 37.8 Å². The maximum Gasteiger partial charge on any atom is 0.123 e. The van der Waals surface area contributed by atoms with Crippen molar-refractivity contribution in [2.75, 3.05) is 6.61 Å². The largest absolute Gasteiger partial charge is 0.508 e. The van der Waals surface area contributed by atoms with Gasteiger partial charge in [0.05, 0.1) is 11.6 Å². The molecule has 26 heavy (non-hydrogen) atoms. The molecule has 3 N–H and O–H groups in total. The van der Waals surface area contributed by atoms with Crippen LogP contribution in [0.2, 0.25) is 0 Å². The van der Waals surface area contributed by atoms with Gasteiger partial charge in [0.1, 0.15) is 11.9 Å². The minimum Gasteiger partial charge on any atom is -0.508 e. The third-order valence-corrected chi connectivity index (χ3v) is 5.50. The molecule has 0 saturated heterocycles. The Kier molecular flexibility index (Phi) is 6.06. The predicted molar refractivity (Wildman–Crippen MR) is 106 cm³/mol. The zero-order valence-corrected chi connectivity index (χ0v) is 15.9. The van der Waals surface area contributed by atoms with Crippen LogP contribution in [0.3, 0.4) is 0 Å². The molecule has 3 rings (SSSR count). The van der Waals surface area contributed by atoms with Gasteiger partial charge in [-0.05, 0) is 47.1 Å². The molecule has 0 spiro atoms. The Hall–Kier alpha value is -2.18. The van der Waals surface area contributed by atoms with E-state index in [0.717, 1.165) is 27.6 Å². The molecule has 1 aliphatic carbocycles. The molecule has 0 saturated carbocycles. The Bertz CT molecular complexity index is 754. The average molecular weight is 372 g/mol. The molecule has 0 bridgehead atoms. The van der Waals surface area contributed by atoms with Crippen LogP contribution in [-0.4, -0.2) is 32.9 Å². The number of pyridine rings is 1. The molecule has 138 valence electrons. The van der Waals surface area contributed by atoms with Gasteiger partial charge in [-0.2, -0.15) is 0 Å². The predicted octanol–water partition coefficient (Wildman–Crippen LogP) is 3.65. The second kappa shape index (κ2) is 8.47. The molecule has 2 heterocycles. The van der Waals surface area contributed by atoms with Crippen LogP contribution in [0.1, 0.15) is 25.8 Å². The van der Waals surface area contributed by atoms with Crippen LogP contribution in [0.25, 0.3) is 0 Å². The molecule has 1 aliphatic heterocycles. The van der Waals surface area contributed by atoms with Gasteiger partial charge < -0.3 is 20.4 Å². The van der Waals surface area contributed by atoms with Gasteiger partial charge in [-0.15, -0.1) is 0 Å². The Morgan fingerprint density at radius 2 is 2.12 bits per heavy atom. The van der Waals surface area contributed by atoms with Crippen LogP contribution < -0.4 is 5.32 Å². The number of aliphatic hydroxyl groups excluding tert-OH is 2. The number of aromatic nitrogens is 1. The maximum absolute atomic E-state index is 9.94. The van der Waals surface area contributed by atoms with E-state index >= 15 is 0 Å². The molecule has 1 aromatic rings. The number of aliphatic hydroxyl groups is 2. The zero-order chi connectivity index (χ0) is 18.5. The highest BCUT2D eigenvalue weighted by Gasteiger charge is 2.33. The number of hydrogen-bond acceptors (Lipinski definition) is 6. The first-order chi connectivity index (χ1) is 12.6. The molecule has 0 fully saturated rings. The lowest BCUT2D eigenvalue weighted by Crippen LogP contribution is -2.40. The summed E-state index contributed by atoms with van der Waals surface area (Å²) in [5, 5.41) is 24.4. The van der Waals surface area contributed by atoms with Crippen LogP contribution in [0.5, 0.6) is 0 Å². The van der Waals surface area contributed by atoms with Gasteiger partial charge in [0.2, 0.25) is 0 Å². The summed E-state index contributed by atoms with van der Waals surface area (Å²) in [5.74, 6) is 0.568. The van der Waals surface area contributed by atoms with Crippen LogP contribution in [0.4, 0.5) is 0 Å². The van der Waals surface area contributed by atoms with Gasteiger partial charge in [0.15, 0.2) is 0 Å². The van der Waals surface area contributed by atoms with E-state index in [4.69, 9.17) is 0 Å². The molecule has 1 unspecified atom stereocenters. The summed E-state index contributed by atoms with van der Waals surface area (Å²) >= 11 is 1.65. The molecular weight excluding hydrogens is 346 g/mol. The molecule has 0 radical (unpaired) electrons. The summed E-state index contributed by atoms with van der Waals surface area (Å²) in [5.41, 5.74) is 2.27. The number of nitrogens with zero attached hydrogens (tertiary/aromatic N) is 2. The van der Waals surface area contributed by atoms with E-state index in [0.29, 0.717) is 12.5 Å². The summed E-state index contributed by atoms with van der Waals surface area (Å²) in [6, 6.07) is 3.98. The van der Waals surface area contributed by atoms with Crippen molar-refractivity contribution in [3.05, 3.63) is 75.8 Å². The summed E-state index contributed by atoms with van der Waals surface area (Å²) in [6.07, 6.45) is 11.6. The van der Waals surface area contributed by atoms with Crippen LogP contribution in [-0.2, 0) is 6.54 Å². The molecule has 1 atom stereocenters. The molecule has 5 nitrogen and oxygen atoms in total. The molecule has 0 amide bonds. The van der Waals surface area contributed by atoms with Crippen molar-refractivity contribution < 1.29 is 10.2 Å². The monoisotopic (exact) mass is 371 g/mol. The quantitative estimate of drug-likeness (QED) is 0.709. The van der Waals surface area contributed by atoms with Crippen molar-refractivity contribution in [1.29, 1.82) is 0 Å². The van der Waals surface area contributed by atoms with E-state index in [1.54, 1.807) is 30.2 Å². The third kappa shape index (κ3) is 4.31. The van der Waals surface area contributed by atoms with Crippen LogP contribution in [0, 0.1) is 5.92 Å². The number of nitrogens with one attached hydrogen (secondary N) is 1. The topological polar surface area (TPSA) is 68.6 Å². The Morgan fingerprint density at radius 3 is 2.81 bits per heavy atom. The number of allylic oxidation sites excluding steroid dienone is 6. The van der Waals surface area contributed by atoms with E-state index in [1.807, 2.05) is 30.4 Å². The Labute approximate surface area is 158 Å². The number of rotatable bonds is 6. The van der Waals surface area contributed by atoms with Gasteiger partial charge in [0, 0.05) is 24.6 Å². The normalized spacial score (nSPS) is 20.2. The number of thioether (sulfide) groups is 1. The van der Waals surface area contributed by atoms with Gasteiger partial charge >= 0.3 is 0 Å². The van der Waals surface area contributed by atoms with E-state index in [1.165, 1.54) is 0 Å². The first kappa shape index (κ1) is 18.6. The van der Waals surface area contributed by atoms with E-state index in [2.05, 4.69) is 29.0 Å². The fraction of sp³-hybridized carbons (Fsp3) is 0.350. The lowest BCUT2D eigenvalue weighted by Gasteiger charge is -2.28. The summed E-state index contributed by atoms with van der Waals surface area (Å²) in [7, 11) is 0. The first-order valence-electron chi connectivity index (χ1n) is 8.79. The summed E-state index contributed by atoms with van der Waals surface area (Å²) in [6.45, 7) is 5.00. The van der Waals surface area contributed by atoms with Crippen molar-refractivity contribution in [3.63, 3.8) is 0 Å². The summed E-state index contributed by atoms with van der Waals surface area (Å²) < 4.78 is 0. The molecule has 6 heteroatoms. The smallest absolute Gasteiger partial charge is 0.123 e. The van der Waals surface area contributed by atoms with Crippen molar-refractivity contribution >= 4 is 11.8 Å². The highest BCUT2D eigenvalue weighted by molar-refractivity contribution is 8.06. The van der Waals surface area contributed by atoms with Gasteiger partial charge in [0.25, 0.3) is 0 Å². The first-order valence-corrected chi connectivity index (χ1v) is 9.61. The van der Waals surface area contributed by atoms with E-state index in [-0.39, 0.29) is 18.5 Å². The third-order valence-electron chi connectivity index (χ3n) is 4.30. The minimum atomic E-state index is -0.158. The van der Waals surface area contributed by atoms with Crippen LogP contribution >= 0.6 is 11.8 Å². The standard InChI is InChI=1S/C20H25N3O2S/c1-14(2)19-20(26-17-6-4-3-5-16(25)11-17)23(18(13-24)22-19)12-15-7-9-21-10-8-15/h3-5,7-11,14,18,22,24-25H,6,12-13H2,1-2H3. The fourth-order valence-corrected chi connectivity index (χ4v) is 4.29. The van der Waals surface area contributed by atoms with Crippen molar-refractivity contribution in [1.82, 2.24) is 15.2 Å². The van der Waals surface area contributed by atoms with E-state index < -0.39 is 0 Å². The lowest BCUT2D eigenvalue weighted by molar-refractivity contribution is 0.155. The van der Waals surface area contributed by atoms with Crippen LogP contribution in [0.15, 0.2) is 70.2 Å². The Balaban J connectivity index is 1.91. The highest BCUT2D eigenvalue weighted by Crippen LogP contribution is 2.40. The minimum absolute atomic E-state index is 0.0233. The van der Waals surface area contributed by atoms with Crippen molar-refractivity contribution in [2.24, 2.45) is 5.92 Å². The second-order valence-corrected chi connectivity index (χ2v) is 7.75. The maximum atomic E-state index is 9.94. The lowest BCUT2D eigenvalue weighted by atomic mass is 10.1. The molecule has 0 aromatic carbocycles. The molecule has 1 aromatic heterocycles. The van der Waals surface area contributed by atoms with Crippen molar-refractivity contribution in [3.8, 4) is 0 Å². The number of hydrogen-bond donors (Lipinski definition) is 3. The van der Waals surface area contributed by atoms with Crippen molar-refractivity contribution in [2.45, 2.75) is 33.0 Å². The molecular formula is C20H25N3O2S. The average Bonchev–Trinajstić information content (AvgIpc) is 2.82. The SMILES string of the molecule is CC(C)C1=C(SC2=CC(O)=CC=CC2)N(Cc2ccncc2)C(CO)N1. The van der Waals surface area contributed by atoms with E-state index in [9.17, 15) is 10.2 Å². The second-order valence-electron chi connectivity index (χ2n) is 6.64. The highest BCUT2D eigenvalue weighted by atomic mass is 32.2.